The number of hydrogen-bond donors (Lipinski definition) is 2. The summed E-state index contributed by atoms with van der Waals surface area (Å²) in [5, 5.41) is 21.2. The van der Waals surface area contributed by atoms with E-state index in [4.69, 9.17) is 0 Å². The molecule has 224 valence electrons. The van der Waals surface area contributed by atoms with E-state index in [0.717, 1.165) is 31.1 Å². The zero-order valence-corrected chi connectivity index (χ0v) is 26.3. The van der Waals surface area contributed by atoms with Crippen LogP contribution in [0.3, 0.4) is 0 Å². The smallest absolute Gasteiger partial charge is 0.181 e. The molecule has 0 radical (unpaired) electrons. The van der Waals surface area contributed by atoms with Crippen LogP contribution in [0.1, 0.15) is 98.8 Å². The highest BCUT2D eigenvalue weighted by atomic mass is 32.2. The molecule has 0 spiro atoms. The number of aliphatic hydroxyl groups is 2. The minimum Gasteiger partial charge on any atom is -0.393 e. The molecule has 2 unspecified atom stereocenters. The summed E-state index contributed by atoms with van der Waals surface area (Å²) in [6.07, 6.45) is 14.2. The third kappa shape index (κ3) is 5.49. The van der Waals surface area contributed by atoms with Gasteiger partial charge in [0.15, 0.2) is 9.84 Å². The van der Waals surface area contributed by atoms with Crippen molar-refractivity contribution >= 4 is 9.84 Å². The van der Waals surface area contributed by atoms with Crippen LogP contribution in [0.15, 0.2) is 47.4 Å². The van der Waals surface area contributed by atoms with Gasteiger partial charge in [-0.05, 0) is 129 Å². The molecule has 4 nitrogen and oxygen atoms in total. The van der Waals surface area contributed by atoms with E-state index in [9.17, 15) is 18.6 Å². The molecule has 4 aliphatic carbocycles. The van der Waals surface area contributed by atoms with Gasteiger partial charge in [-0.3, -0.25) is 0 Å². The number of benzene rings is 1. The number of fused-ring (bicyclic) bond motifs is 5. The molecule has 0 aliphatic heterocycles. The first-order chi connectivity index (χ1) is 18.9. The summed E-state index contributed by atoms with van der Waals surface area (Å²) in [7, 11) is -3.55. The fourth-order valence-electron chi connectivity index (χ4n) is 9.86. The van der Waals surface area contributed by atoms with Gasteiger partial charge >= 0.3 is 0 Å². The molecule has 11 atom stereocenters. The van der Waals surface area contributed by atoms with Crippen molar-refractivity contribution in [3.05, 3.63) is 42.5 Å². The fraction of sp³-hybridized carbons (Fsp3) is 0.771. The molecule has 0 amide bonds. The number of hydrogen-bond acceptors (Lipinski definition) is 4. The summed E-state index contributed by atoms with van der Waals surface area (Å²) in [5.74, 6) is 4.09. The van der Waals surface area contributed by atoms with Gasteiger partial charge in [0.2, 0.25) is 0 Å². The Morgan fingerprint density at radius 2 is 1.62 bits per heavy atom. The Morgan fingerprint density at radius 1 is 0.925 bits per heavy atom. The topological polar surface area (TPSA) is 74.6 Å². The van der Waals surface area contributed by atoms with Gasteiger partial charge in [0.05, 0.1) is 21.9 Å². The normalized spacial score (nSPS) is 39.7. The fourth-order valence-corrected chi connectivity index (χ4v) is 11.8. The molecule has 0 heterocycles. The molecule has 3 fully saturated rings. The summed E-state index contributed by atoms with van der Waals surface area (Å²) in [4.78, 5) is 0.369. The molecular formula is C35H54O4S. The van der Waals surface area contributed by atoms with Crippen molar-refractivity contribution in [3.63, 3.8) is 0 Å². The minimum atomic E-state index is -3.55. The second-order valence-corrected chi connectivity index (χ2v) is 17.1. The Labute approximate surface area is 244 Å². The standard InChI is InChI=1S/C35H54O4S/c1-6-35(37)19-17-28-25(22-35)12-13-30-29(28)16-18-34(5)31(14-15-32(30)34)24(4)20-27(21-33(36)23(2)3)40(38,39)26-10-8-7-9-11-26/h7-11,14-15,23-25,27-33,36-37H,6,12-13,16-22H2,1-5H3/t24-,25?,27?,28+,29-,30-,31-,32+,33+,34-,35+/m1/s1. The Hall–Kier alpha value is -1.17. The Morgan fingerprint density at radius 3 is 2.30 bits per heavy atom. The van der Waals surface area contributed by atoms with Crippen LogP contribution in [0, 0.1) is 52.8 Å². The third-order valence-electron chi connectivity index (χ3n) is 12.4. The first-order valence-electron chi connectivity index (χ1n) is 16.3. The SMILES string of the molecule is CC[C@]1(O)CC[C@H]2C(CC[C@@H]3[C@@H]2CC[C@]2(C)[C@@H]([C@H](C)CC(C[C@H](O)C(C)C)S(=O)(=O)c4ccccc4)C=C[C@@H]32)C1. The summed E-state index contributed by atoms with van der Waals surface area (Å²) < 4.78 is 27.7. The maximum atomic E-state index is 13.8. The van der Waals surface area contributed by atoms with Gasteiger partial charge in [-0.15, -0.1) is 0 Å². The predicted molar refractivity (Wildman–Crippen MR) is 162 cm³/mol. The van der Waals surface area contributed by atoms with Gasteiger partial charge in [0.1, 0.15) is 0 Å². The Kier molecular flexibility index (Phi) is 8.70. The van der Waals surface area contributed by atoms with Crippen molar-refractivity contribution in [3.8, 4) is 0 Å². The number of sulfone groups is 1. The molecule has 40 heavy (non-hydrogen) atoms. The minimum absolute atomic E-state index is 0.0237. The molecule has 1 aromatic rings. The quantitative estimate of drug-likeness (QED) is 0.303. The number of rotatable bonds is 9. The van der Waals surface area contributed by atoms with Crippen molar-refractivity contribution in [1.29, 1.82) is 0 Å². The van der Waals surface area contributed by atoms with Crippen LogP contribution >= 0.6 is 0 Å². The number of aliphatic hydroxyl groups excluding tert-OH is 1. The maximum absolute atomic E-state index is 13.8. The molecule has 4 aliphatic rings. The van der Waals surface area contributed by atoms with Gasteiger partial charge in [-0.1, -0.05) is 65.0 Å². The summed E-state index contributed by atoms with van der Waals surface area (Å²) in [5.41, 5.74) is -0.269. The van der Waals surface area contributed by atoms with Gasteiger partial charge in [0, 0.05) is 0 Å². The van der Waals surface area contributed by atoms with E-state index >= 15 is 0 Å². The first kappa shape index (κ1) is 30.3. The van der Waals surface area contributed by atoms with Gasteiger partial charge in [-0.2, -0.15) is 0 Å². The van der Waals surface area contributed by atoms with Crippen molar-refractivity contribution in [2.24, 2.45) is 52.8 Å². The molecule has 0 aromatic heterocycles. The average Bonchev–Trinajstić information content (AvgIpc) is 3.30. The van der Waals surface area contributed by atoms with Crippen molar-refractivity contribution < 1.29 is 18.6 Å². The van der Waals surface area contributed by atoms with E-state index in [1.807, 2.05) is 19.9 Å². The molecule has 5 rings (SSSR count). The summed E-state index contributed by atoms with van der Waals surface area (Å²) >= 11 is 0. The Balaban J connectivity index is 1.32. The van der Waals surface area contributed by atoms with Crippen molar-refractivity contribution in [2.75, 3.05) is 0 Å². The summed E-state index contributed by atoms with van der Waals surface area (Å²) in [6.45, 7) is 10.8. The van der Waals surface area contributed by atoms with Crippen molar-refractivity contribution in [2.45, 2.75) is 121 Å². The van der Waals surface area contributed by atoms with Crippen LogP contribution in [-0.4, -0.2) is 35.6 Å². The highest BCUT2D eigenvalue weighted by Gasteiger charge is 2.57. The molecule has 2 N–H and O–H groups in total. The van der Waals surface area contributed by atoms with E-state index in [2.05, 4.69) is 32.9 Å². The molecule has 0 bridgehead atoms. The second-order valence-electron chi connectivity index (χ2n) is 14.9. The van der Waals surface area contributed by atoms with Gasteiger partial charge < -0.3 is 10.2 Å². The lowest BCUT2D eigenvalue weighted by Gasteiger charge is -2.57. The lowest BCUT2D eigenvalue weighted by molar-refractivity contribution is -0.104. The zero-order valence-electron chi connectivity index (χ0n) is 25.5. The molecule has 0 saturated heterocycles. The third-order valence-corrected chi connectivity index (χ3v) is 14.6. The highest BCUT2D eigenvalue weighted by Crippen LogP contribution is 2.64. The van der Waals surface area contributed by atoms with Gasteiger partial charge in [0.25, 0.3) is 0 Å². The predicted octanol–water partition coefficient (Wildman–Crippen LogP) is 7.45. The van der Waals surface area contributed by atoms with E-state index < -0.39 is 26.8 Å². The van der Waals surface area contributed by atoms with Crippen LogP contribution in [0.25, 0.3) is 0 Å². The van der Waals surface area contributed by atoms with E-state index in [-0.39, 0.29) is 23.7 Å². The lowest BCUT2D eigenvalue weighted by Crippen LogP contribution is -2.51. The molecule has 1 aromatic carbocycles. The zero-order chi connectivity index (χ0) is 28.9. The van der Waals surface area contributed by atoms with Crippen LogP contribution in [0.5, 0.6) is 0 Å². The molecule has 3 saturated carbocycles. The largest absolute Gasteiger partial charge is 0.393 e. The average molecular weight is 571 g/mol. The second kappa shape index (κ2) is 11.5. The lowest BCUT2D eigenvalue weighted by atomic mass is 9.48. The van der Waals surface area contributed by atoms with Crippen LogP contribution in [0.2, 0.25) is 0 Å². The van der Waals surface area contributed by atoms with Crippen LogP contribution in [-0.2, 0) is 9.84 Å². The first-order valence-corrected chi connectivity index (χ1v) is 17.8. The summed E-state index contributed by atoms with van der Waals surface area (Å²) in [6, 6.07) is 8.84. The molecular weight excluding hydrogens is 516 g/mol. The molecule has 5 heteroatoms. The van der Waals surface area contributed by atoms with E-state index in [0.29, 0.717) is 35.0 Å². The van der Waals surface area contributed by atoms with E-state index in [1.165, 1.54) is 32.1 Å². The maximum Gasteiger partial charge on any atom is 0.181 e. The van der Waals surface area contributed by atoms with Crippen LogP contribution < -0.4 is 0 Å². The van der Waals surface area contributed by atoms with Crippen LogP contribution in [0.4, 0.5) is 0 Å². The highest BCUT2D eigenvalue weighted by molar-refractivity contribution is 7.92. The number of allylic oxidation sites excluding steroid dienone is 2. The Bertz CT molecular complexity index is 1150. The van der Waals surface area contributed by atoms with Gasteiger partial charge in [-0.25, -0.2) is 8.42 Å². The monoisotopic (exact) mass is 570 g/mol. The van der Waals surface area contributed by atoms with E-state index in [1.54, 1.807) is 24.3 Å². The van der Waals surface area contributed by atoms with Crippen molar-refractivity contribution in [1.82, 2.24) is 0 Å².